The lowest BCUT2D eigenvalue weighted by Gasteiger charge is -2.31. The number of nitrogens with two attached hydrogens (primary N) is 1. The number of nitrogens with zero attached hydrogens (tertiary/aromatic N) is 2. The molecule has 0 radical (unpaired) electrons. The maximum Gasteiger partial charge on any atom is 0.409 e. The molecule has 1 heterocycles. The summed E-state index contributed by atoms with van der Waals surface area (Å²) in [6.07, 6.45) is 2.20. The highest BCUT2D eigenvalue weighted by Gasteiger charge is 2.23. The summed E-state index contributed by atoms with van der Waals surface area (Å²) < 4.78 is 10.9. The Bertz CT molecular complexity index is 849. The number of amides is 1. The van der Waals surface area contributed by atoms with Gasteiger partial charge in [0.05, 0.1) is 6.61 Å². The zero-order chi connectivity index (χ0) is 21.9. The highest BCUT2D eigenvalue weighted by atomic mass is 16.6. The molecule has 2 aromatic carbocycles. The topological polar surface area (TPSA) is 89.2 Å². The second kappa shape index (κ2) is 11.8. The van der Waals surface area contributed by atoms with E-state index in [1.54, 1.807) is 4.90 Å². The Morgan fingerprint density at radius 2 is 1.87 bits per heavy atom. The van der Waals surface area contributed by atoms with Gasteiger partial charge in [-0.1, -0.05) is 42.5 Å². The van der Waals surface area contributed by atoms with E-state index in [4.69, 9.17) is 15.2 Å². The van der Waals surface area contributed by atoms with Crippen LogP contribution in [0.1, 0.15) is 30.9 Å². The Balaban J connectivity index is 1.39. The van der Waals surface area contributed by atoms with E-state index in [2.05, 4.69) is 28.5 Å². The summed E-state index contributed by atoms with van der Waals surface area (Å²) >= 11 is 0. The van der Waals surface area contributed by atoms with Crippen LogP contribution in [0.2, 0.25) is 0 Å². The molecule has 0 aromatic heterocycles. The number of ether oxygens (including phenoxy) is 2. The first-order valence-electron chi connectivity index (χ1n) is 10.9. The number of aliphatic imine (C=N–C) groups is 1. The van der Waals surface area contributed by atoms with E-state index in [9.17, 15) is 4.79 Å². The second-order valence-corrected chi connectivity index (χ2v) is 7.54. The minimum Gasteiger partial charge on any atom is -0.489 e. The van der Waals surface area contributed by atoms with Crippen molar-refractivity contribution in [3.63, 3.8) is 0 Å². The fraction of sp³-hybridized carbons (Fsp3) is 0.417. The third-order valence-corrected chi connectivity index (χ3v) is 5.20. The van der Waals surface area contributed by atoms with Gasteiger partial charge in [0.15, 0.2) is 5.96 Å². The molecule has 0 bridgehead atoms. The van der Waals surface area contributed by atoms with Gasteiger partial charge in [0.2, 0.25) is 0 Å². The first kappa shape index (κ1) is 22.5. The van der Waals surface area contributed by atoms with Gasteiger partial charge in [-0.3, -0.25) is 4.99 Å². The number of rotatable bonds is 8. The van der Waals surface area contributed by atoms with Crippen LogP contribution in [0.3, 0.4) is 0 Å². The minimum atomic E-state index is -0.238. The van der Waals surface area contributed by atoms with E-state index < -0.39 is 0 Å². The number of carbonyl (C=O) groups excluding carboxylic acids is 1. The number of piperidine rings is 1. The Labute approximate surface area is 184 Å². The molecule has 0 unspecified atom stereocenters. The van der Waals surface area contributed by atoms with Crippen LogP contribution in [0, 0.1) is 0 Å². The highest BCUT2D eigenvalue weighted by molar-refractivity contribution is 5.78. The van der Waals surface area contributed by atoms with Gasteiger partial charge in [-0.25, -0.2) is 4.79 Å². The Kier molecular flexibility index (Phi) is 8.58. The van der Waals surface area contributed by atoms with Gasteiger partial charge in [0.25, 0.3) is 0 Å². The van der Waals surface area contributed by atoms with Crippen LogP contribution in [0.15, 0.2) is 59.6 Å². The number of benzene rings is 2. The van der Waals surface area contributed by atoms with Crippen LogP contribution in [-0.4, -0.2) is 49.2 Å². The van der Waals surface area contributed by atoms with Crippen LogP contribution in [0.4, 0.5) is 4.79 Å². The molecule has 0 atom stereocenters. The molecule has 3 N–H and O–H groups in total. The molecule has 0 saturated carbocycles. The second-order valence-electron chi connectivity index (χ2n) is 7.54. The van der Waals surface area contributed by atoms with Crippen molar-refractivity contribution in [2.24, 2.45) is 10.7 Å². The van der Waals surface area contributed by atoms with Crippen molar-refractivity contribution < 1.29 is 14.3 Å². The Hall–Kier alpha value is -3.22. The monoisotopic (exact) mass is 424 g/mol. The first-order valence-corrected chi connectivity index (χ1v) is 10.9. The molecule has 1 amide bonds. The van der Waals surface area contributed by atoms with E-state index in [1.165, 1.54) is 0 Å². The number of likely N-dealkylation sites (tertiary alicyclic amines) is 1. The summed E-state index contributed by atoms with van der Waals surface area (Å²) in [7, 11) is 0. The van der Waals surface area contributed by atoms with Crippen LogP contribution >= 0.6 is 0 Å². The van der Waals surface area contributed by atoms with Crippen molar-refractivity contribution in [1.82, 2.24) is 10.2 Å². The van der Waals surface area contributed by atoms with E-state index >= 15 is 0 Å². The van der Waals surface area contributed by atoms with Crippen molar-refractivity contribution in [2.45, 2.75) is 38.8 Å². The summed E-state index contributed by atoms with van der Waals surface area (Å²) in [6, 6.07) is 18.4. The Morgan fingerprint density at radius 1 is 1.13 bits per heavy atom. The van der Waals surface area contributed by atoms with E-state index in [0.717, 1.165) is 36.1 Å². The van der Waals surface area contributed by atoms with Crippen LogP contribution in [0.5, 0.6) is 5.75 Å². The molecule has 3 rings (SSSR count). The molecule has 166 valence electrons. The smallest absolute Gasteiger partial charge is 0.409 e. The van der Waals surface area contributed by atoms with Gasteiger partial charge >= 0.3 is 6.09 Å². The van der Waals surface area contributed by atoms with Crippen LogP contribution in [0.25, 0.3) is 0 Å². The zero-order valence-corrected chi connectivity index (χ0v) is 18.1. The number of hydrogen-bond acceptors (Lipinski definition) is 4. The third-order valence-electron chi connectivity index (χ3n) is 5.20. The number of carbonyl (C=O) groups is 1. The van der Waals surface area contributed by atoms with Gasteiger partial charge < -0.3 is 25.4 Å². The summed E-state index contributed by atoms with van der Waals surface area (Å²) in [5.74, 6) is 1.30. The summed E-state index contributed by atoms with van der Waals surface area (Å²) in [4.78, 5) is 18.0. The molecule has 1 saturated heterocycles. The van der Waals surface area contributed by atoms with Crippen molar-refractivity contribution in [3.05, 3.63) is 65.7 Å². The van der Waals surface area contributed by atoms with E-state index in [1.807, 2.05) is 43.3 Å². The maximum atomic E-state index is 11.8. The standard InChI is InChI=1S/C24H32N4O3/c1-2-30-24(29)28-15-12-21(13-16-28)27-23(25)26-14-11-19-9-6-10-22(17-19)31-18-20-7-4-3-5-8-20/h3-10,17,21H,2,11-16,18H2,1H3,(H3,25,26,27). The molecule has 7 heteroatoms. The summed E-state index contributed by atoms with van der Waals surface area (Å²) in [5, 5.41) is 3.27. The molecular weight excluding hydrogens is 392 g/mol. The molecule has 0 aliphatic carbocycles. The van der Waals surface area contributed by atoms with Gasteiger partial charge in [-0.15, -0.1) is 0 Å². The van der Waals surface area contributed by atoms with Crippen LogP contribution in [-0.2, 0) is 17.8 Å². The fourth-order valence-electron chi connectivity index (χ4n) is 3.51. The van der Waals surface area contributed by atoms with E-state index in [-0.39, 0.29) is 12.1 Å². The summed E-state index contributed by atoms with van der Waals surface area (Å²) in [5.41, 5.74) is 8.36. The van der Waals surface area contributed by atoms with Crippen molar-refractivity contribution in [3.8, 4) is 5.75 Å². The molecule has 1 aliphatic heterocycles. The zero-order valence-electron chi connectivity index (χ0n) is 18.1. The molecular formula is C24H32N4O3. The molecule has 1 fully saturated rings. The van der Waals surface area contributed by atoms with Crippen molar-refractivity contribution in [1.29, 1.82) is 0 Å². The van der Waals surface area contributed by atoms with Gasteiger partial charge in [-0.05, 0) is 49.4 Å². The van der Waals surface area contributed by atoms with Gasteiger partial charge in [-0.2, -0.15) is 0 Å². The Morgan fingerprint density at radius 3 is 2.61 bits per heavy atom. The molecule has 0 spiro atoms. The SMILES string of the molecule is CCOC(=O)N1CCC(NC(N)=NCCc2cccc(OCc3ccccc3)c2)CC1. The molecule has 7 nitrogen and oxygen atoms in total. The maximum absolute atomic E-state index is 11.8. The van der Waals surface area contributed by atoms with Crippen molar-refractivity contribution >= 4 is 12.1 Å². The fourth-order valence-corrected chi connectivity index (χ4v) is 3.51. The average Bonchev–Trinajstić information content (AvgIpc) is 2.79. The lowest BCUT2D eigenvalue weighted by Crippen LogP contribution is -2.48. The largest absolute Gasteiger partial charge is 0.489 e. The summed E-state index contributed by atoms with van der Waals surface area (Å²) in [6.45, 7) is 4.70. The molecule has 1 aliphatic rings. The lowest BCUT2D eigenvalue weighted by atomic mass is 10.1. The van der Waals surface area contributed by atoms with E-state index in [0.29, 0.717) is 38.8 Å². The molecule has 31 heavy (non-hydrogen) atoms. The predicted molar refractivity (Wildman–Crippen MR) is 122 cm³/mol. The number of nitrogens with one attached hydrogen (secondary N) is 1. The van der Waals surface area contributed by atoms with Crippen LogP contribution < -0.4 is 15.8 Å². The average molecular weight is 425 g/mol. The van der Waals surface area contributed by atoms with Crippen molar-refractivity contribution in [2.75, 3.05) is 26.2 Å². The quantitative estimate of drug-likeness (QED) is 0.501. The molecule has 2 aromatic rings. The first-order chi connectivity index (χ1) is 15.1. The third kappa shape index (κ3) is 7.51. The number of hydrogen-bond donors (Lipinski definition) is 2. The predicted octanol–water partition coefficient (Wildman–Crippen LogP) is 3.33. The lowest BCUT2D eigenvalue weighted by molar-refractivity contribution is 0.0963. The number of guanidine groups is 1. The normalized spacial score (nSPS) is 14.9. The van der Waals surface area contributed by atoms with Gasteiger partial charge in [0.1, 0.15) is 12.4 Å². The highest BCUT2D eigenvalue weighted by Crippen LogP contribution is 2.16. The van der Waals surface area contributed by atoms with Gasteiger partial charge in [0, 0.05) is 25.7 Å². The minimum absolute atomic E-state index is 0.226.